The molecule has 1 amide bonds. The molecule has 3 aliphatic heterocycles. The molecule has 1 N–H and O–H groups in total. The third-order valence-corrected chi connectivity index (χ3v) is 7.56. The van der Waals surface area contributed by atoms with Crippen LogP contribution in [0.15, 0.2) is 6.07 Å². The van der Waals surface area contributed by atoms with Crippen molar-refractivity contribution < 1.29 is 14.3 Å². The predicted molar refractivity (Wildman–Crippen MR) is 103 cm³/mol. The highest BCUT2D eigenvalue weighted by Gasteiger charge is 2.42. The second kappa shape index (κ2) is 7.97. The Morgan fingerprint density at radius 1 is 1.31 bits per heavy atom. The van der Waals surface area contributed by atoms with Crippen LogP contribution < -0.4 is 5.32 Å². The second-order valence-electron chi connectivity index (χ2n) is 7.76. The van der Waals surface area contributed by atoms with E-state index in [-0.39, 0.29) is 11.5 Å². The lowest BCUT2D eigenvalue weighted by molar-refractivity contribution is -0.0944. The molecule has 0 atom stereocenters. The van der Waals surface area contributed by atoms with E-state index in [0.29, 0.717) is 5.92 Å². The van der Waals surface area contributed by atoms with E-state index >= 15 is 0 Å². The van der Waals surface area contributed by atoms with Crippen LogP contribution in [0.1, 0.15) is 52.7 Å². The molecule has 0 aliphatic carbocycles. The predicted octanol–water partition coefficient (Wildman–Crippen LogP) is 2.79. The van der Waals surface area contributed by atoms with Crippen molar-refractivity contribution in [2.45, 2.75) is 44.6 Å². The highest BCUT2D eigenvalue weighted by Crippen LogP contribution is 2.45. The zero-order valence-corrected chi connectivity index (χ0v) is 16.5. The van der Waals surface area contributed by atoms with Gasteiger partial charge in [-0.2, -0.15) is 0 Å². The Balaban J connectivity index is 1.44. The first-order valence-corrected chi connectivity index (χ1v) is 10.9. The first-order valence-electron chi connectivity index (χ1n) is 10.1. The maximum Gasteiger partial charge on any atom is 0.261 e. The number of nitrogens with one attached hydrogen (secondary N) is 1. The highest BCUT2D eigenvalue weighted by atomic mass is 32.1. The number of hydrogen-bond donors (Lipinski definition) is 1. The quantitative estimate of drug-likeness (QED) is 0.875. The smallest absolute Gasteiger partial charge is 0.261 e. The number of likely N-dealkylation sites (tertiary alicyclic amines) is 1. The van der Waals surface area contributed by atoms with Gasteiger partial charge in [0.1, 0.15) is 5.60 Å². The lowest BCUT2D eigenvalue weighted by atomic mass is 9.85. The van der Waals surface area contributed by atoms with Gasteiger partial charge in [0.15, 0.2) is 0 Å². The third kappa shape index (κ3) is 3.70. The largest absolute Gasteiger partial charge is 0.381 e. The third-order valence-electron chi connectivity index (χ3n) is 6.20. The topological polar surface area (TPSA) is 50.8 Å². The first-order chi connectivity index (χ1) is 12.7. The average Bonchev–Trinajstić information content (AvgIpc) is 3.14. The van der Waals surface area contributed by atoms with Crippen LogP contribution >= 0.6 is 11.3 Å². The summed E-state index contributed by atoms with van der Waals surface area (Å²) in [4.78, 5) is 17.3. The van der Waals surface area contributed by atoms with E-state index in [9.17, 15) is 4.79 Å². The molecule has 3 aliphatic rings. The lowest BCUT2D eigenvalue weighted by Gasteiger charge is -2.43. The SMILES string of the molecule is CCN1CCC2(CC1)OCCc1cc(C(=O)NCC3CCOCC3)sc12. The van der Waals surface area contributed by atoms with Crippen molar-refractivity contribution in [1.82, 2.24) is 10.2 Å². The lowest BCUT2D eigenvalue weighted by Crippen LogP contribution is -2.45. The molecule has 4 rings (SSSR count). The van der Waals surface area contributed by atoms with Gasteiger partial charge in [-0.1, -0.05) is 6.92 Å². The van der Waals surface area contributed by atoms with Crippen LogP contribution in [0.4, 0.5) is 0 Å². The highest BCUT2D eigenvalue weighted by molar-refractivity contribution is 7.14. The van der Waals surface area contributed by atoms with Gasteiger partial charge in [0, 0.05) is 37.7 Å². The van der Waals surface area contributed by atoms with Gasteiger partial charge in [0.05, 0.1) is 11.5 Å². The summed E-state index contributed by atoms with van der Waals surface area (Å²) in [7, 11) is 0. The first kappa shape index (κ1) is 18.4. The van der Waals surface area contributed by atoms with Gasteiger partial charge >= 0.3 is 0 Å². The van der Waals surface area contributed by atoms with Crippen molar-refractivity contribution in [2.75, 3.05) is 46.0 Å². The van der Waals surface area contributed by atoms with Crippen LogP contribution in [0, 0.1) is 5.92 Å². The maximum absolute atomic E-state index is 12.7. The van der Waals surface area contributed by atoms with Crippen molar-refractivity contribution in [3.05, 3.63) is 21.4 Å². The molecule has 5 nitrogen and oxygen atoms in total. The number of nitrogens with zero attached hydrogens (tertiary/aromatic N) is 1. The van der Waals surface area contributed by atoms with Crippen LogP contribution in [-0.4, -0.2) is 56.8 Å². The fourth-order valence-electron chi connectivity index (χ4n) is 4.41. The van der Waals surface area contributed by atoms with Gasteiger partial charge < -0.3 is 19.7 Å². The summed E-state index contributed by atoms with van der Waals surface area (Å²) in [6.07, 6.45) is 5.10. The van der Waals surface area contributed by atoms with Crippen LogP contribution in [0.5, 0.6) is 0 Å². The zero-order chi connectivity index (χ0) is 18.0. The molecular formula is C20H30N2O3S. The summed E-state index contributed by atoms with van der Waals surface area (Å²) in [6, 6.07) is 2.12. The van der Waals surface area contributed by atoms with Crippen molar-refractivity contribution in [2.24, 2.45) is 5.92 Å². The van der Waals surface area contributed by atoms with Gasteiger partial charge in [0.2, 0.25) is 0 Å². The molecule has 0 saturated carbocycles. The number of piperidine rings is 1. The van der Waals surface area contributed by atoms with Gasteiger partial charge in [-0.05, 0) is 56.2 Å². The Hall–Kier alpha value is -0.950. The minimum Gasteiger partial charge on any atom is -0.381 e. The molecule has 1 aromatic heterocycles. The molecule has 1 spiro atoms. The van der Waals surface area contributed by atoms with E-state index in [0.717, 1.165) is 83.0 Å². The van der Waals surface area contributed by atoms with Crippen LogP contribution in [0.3, 0.4) is 0 Å². The molecule has 2 saturated heterocycles. The number of carbonyl (C=O) groups is 1. The minimum absolute atomic E-state index is 0.0806. The number of hydrogen-bond acceptors (Lipinski definition) is 5. The number of fused-ring (bicyclic) bond motifs is 2. The van der Waals surface area contributed by atoms with E-state index in [1.165, 1.54) is 10.4 Å². The Bertz CT molecular complexity index is 631. The normalized spacial score (nSPS) is 23.7. The molecule has 26 heavy (non-hydrogen) atoms. The number of rotatable bonds is 4. The fraction of sp³-hybridized carbons (Fsp3) is 0.750. The molecule has 0 radical (unpaired) electrons. The van der Waals surface area contributed by atoms with E-state index in [1.54, 1.807) is 11.3 Å². The minimum atomic E-state index is -0.150. The summed E-state index contributed by atoms with van der Waals surface area (Å²) in [5.74, 6) is 0.632. The standard InChI is InChI=1S/C20H30N2O3S/c1-2-22-8-6-20(7-9-22)18-16(5-12-25-20)13-17(26-18)19(23)21-14-15-3-10-24-11-4-15/h13,15H,2-12,14H2,1H3,(H,21,23). The molecule has 0 bridgehead atoms. The van der Waals surface area contributed by atoms with Crippen LogP contribution in [0.2, 0.25) is 0 Å². The molecule has 6 heteroatoms. The Labute approximate surface area is 160 Å². The van der Waals surface area contributed by atoms with Crippen molar-refractivity contribution >= 4 is 17.2 Å². The molecule has 0 unspecified atom stereocenters. The summed E-state index contributed by atoms with van der Waals surface area (Å²) in [6.45, 7) is 8.67. The number of carbonyl (C=O) groups excluding carboxylic acids is 1. The van der Waals surface area contributed by atoms with Crippen LogP contribution in [-0.2, 0) is 21.5 Å². The van der Waals surface area contributed by atoms with Gasteiger partial charge in [-0.15, -0.1) is 11.3 Å². The van der Waals surface area contributed by atoms with Crippen molar-refractivity contribution in [3.63, 3.8) is 0 Å². The van der Waals surface area contributed by atoms with Crippen molar-refractivity contribution in [3.8, 4) is 0 Å². The van der Waals surface area contributed by atoms with Crippen molar-refractivity contribution in [1.29, 1.82) is 0 Å². The summed E-state index contributed by atoms with van der Waals surface area (Å²) in [5.41, 5.74) is 1.19. The molecule has 4 heterocycles. The monoisotopic (exact) mass is 378 g/mol. The Morgan fingerprint density at radius 3 is 2.81 bits per heavy atom. The zero-order valence-electron chi connectivity index (χ0n) is 15.7. The molecule has 1 aromatic rings. The van der Waals surface area contributed by atoms with Gasteiger partial charge in [-0.25, -0.2) is 0 Å². The summed E-state index contributed by atoms with van der Waals surface area (Å²) in [5, 5.41) is 3.15. The van der Waals surface area contributed by atoms with Gasteiger partial charge in [0.25, 0.3) is 5.91 Å². The maximum atomic E-state index is 12.7. The number of amides is 1. The summed E-state index contributed by atoms with van der Waals surface area (Å²) < 4.78 is 11.7. The van der Waals surface area contributed by atoms with E-state index in [2.05, 4.69) is 23.2 Å². The molecule has 144 valence electrons. The second-order valence-corrected chi connectivity index (χ2v) is 8.81. The number of ether oxygens (including phenoxy) is 2. The fourth-order valence-corrected chi connectivity index (χ4v) is 5.74. The van der Waals surface area contributed by atoms with Gasteiger partial charge in [-0.3, -0.25) is 4.79 Å². The van der Waals surface area contributed by atoms with Crippen LogP contribution in [0.25, 0.3) is 0 Å². The Morgan fingerprint density at radius 2 is 2.08 bits per heavy atom. The van der Waals surface area contributed by atoms with E-state index in [1.807, 2.05) is 0 Å². The molecule has 2 fully saturated rings. The average molecular weight is 379 g/mol. The molecular weight excluding hydrogens is 348 g/mol. The Kier molecular flexibility index (Phi) is 5.64. The number of thiophene rings is 1. The molecule has 0 aromatic carbocycles. The van der Waals surface area contributed by atoms with E-state index < -0.39 is 0 Å². The van der Waals surface area contributed by atoms with E-state index in [4.69, 9.17) is 9.47 Å². The summed E-state index contributed by atoms with van der Waals surface area (Å²) >= 11 is 1.66.